The van der Waals surface area contributed by atoms with E-state index in [4.69, 9.17) is 4.74 Å². The fraction of sp³-hybridized carbons (Fsp3) is 0.120. The highest BCUT2D eigenvalue weighted by Crippen LogP contribution is 2.32. The van der Waals surface area contributed by atoms with Gasteiger partial charge >= 0.3 is 5.97 Å². The van der Waals surface area contributed by atoms with Gasteiger partial charge in [0.15, 0.2) is 0 Å². The number of amides is 3. The summed E-state index contributed by atoms with van der Waals surface area (Å²) in [4.78, 5) is 63.4. The van der Waals surface area contributed by atoms with Crippen molar-refractivity contribution in [1.82, 2.24) is 0 Å². The fourth-order valence-electron chi connectivity index (χ4n) is 4.18. The molecule has 0 spiro atoms. The van der Waals surface area contributed by atoms with Gasteiger partial charge < -0.3 is 9.64 Å². The lowest BCUT2D eigenvalue weighted by Crippen LogP contribution is -2.29. The van der Waals surface area contributed by atoms with Crippen LogP contribution in [0, 0.1) is 16.0 Å². The van der Waals surface area contributed by atoms with Gasteiger partial charge in [0.1, 0.15) is 5.75 Å². The quantitative estimate of drug-likeness (QED) is 0.184. The van der Waals surface area contributed by atoms with Gasteiger partial charge in [-0.25, -0.2) is 4.90 Å². The summed E-state index contributed by atoms with van der Waals surface area (Å²) < 4.78 is 5.47. The van der Waals surface area contributed by atoms with Crippen LogP contribution in [0.15, 0.2) is 72.8 Å². The monoisotopic (exact) mass is 471 g/mol. The first-order chi connectivity index (χ1) is 16.8. The standard InChI is InChI=1S/C25H17N3O7/c29-22-12-15(14-26(22)16-8-10-17(11-9-16)28(33)34)25(32)35-19-5-3-4-18(13-19)27-23(30)20-6-1-2-7-21(20)24(27)31/h1-11,13,15H,12,14H2/t15-/m0/s1. The highest BCUT2D eigenvalue weighted by atomic mass is 16.6. The zero-order valence-corrected chi connectivity index (χ0v) is 18.1. The minimum absolute atomic E-state index is 0.0631. The topological polar surface area (TPSA) is 127 Å². The Bertz CT molecular complexity index is 1370. The molecular formula is C25H17N3O7. The first kappa shape index (κ1) is 22.0. The van der Waals surface area contributed by atoms with Crippen LogP contribution in [0.2, 0.25) is 0 Å². The summed E-state index contributed by atoms with van der Waals surface area (Å²) in [6.07, 6.45) is -0.0755. The van der Waals surface area contributed by atoms with E-state index in [-0.39, 0.29) is 36.0 Å². The number of nitro groups is 1. The highest BCUT2D eigenvalue weighted by molar-refractivity contribution is 6.34. The van der Waals surface area contributed by atoms with E-state index in [2.05, 4.69) is 0 Å². The van der Waals surface area contributed by atoms with Crippen molar-refractivity contribution in [2.75, 3.05) is 16.3 Å². The molecule has 2 aliphatic heterocycles. The molecule has 0 aromatic heterocycles. The second-order valence-corrected chi connectivity index (χ2v) is 8.09. The summed E-state index contributed by atoms with van der Waals surface area (Å²) in [6, 6.07) is 18.1. The van der Waals surface area contributed by atoms with E-state index in [1.54, 1.807) is 36.4 Å². The number of ether oxygens (including phenoxy) is 1. The molecule has 0 saturated carbocycles. The van der Waals surface area contributed by atoms with Crippen LogP contribution >= 0.6 is 0 Å². The van der Waals surface area contributed by atoms with Crippen molar-refractivity contribution in [3.8, 4) is 5.75 Å². The maximum Gasteiger partial charge on any atom is 0.316 e. The predicted molar refractivity (Wildman–Crippen MR) is 123 cm³/mol. The van der Waals surface area contributed by atoms with Gasteiger partial charge in [0.25, 0.3) is 17.5 Å². The van der Waals surface area contributed by atoms with Crippen LogP contribution in [0.4, 0.5) is 17.1 Å². The molecule has 1 saturated heterocycles. The van der Waals surface area contributed by atoms with Gasteiger partial charge in [0.2, 0.25) is 5.91 Å². The molecular weight excluding hydrogens is 454 g/mol. The van der Waals surface area contributed by atoms with Gasteiger partial charge in [-0.05, 0) is 36.4 Å². The number of esters is 1. The maximum absolute atomic E-state index is 12.8. The number of carbonyl (C=O) groups excluding carboxylic acids is 4. The molecule has 3 aromatic rings. The zero-order valence-electron chi connectivity index (χ0n) is 18.1. The molecule has 35 heavy (non-hydrogen) atoms. The molecule has 10 nitrogen and oxygen atoms in total. The largest absolute Gasteiger partial charge is 0.426 e. The SMILES string of the molecule is O=C(Oc1cccc(N2C(=O)c3ccccc3C2=O)c1)[C@H]1CC(=O)N(c2ccc([N+](=O)[O-])cc2)C1. The highest BCUT2D eigenvalue weighted by Gasteiger charge is 2.38. The van der Waals surface area contributed by atoms with Gasteiger partial charge in [-0.2, -0.15) is 0 Å². The summed E-state index contributed by atoms with van der Waals surface area (Å²) in [6.45, 7) is 0.0631. The molecule has 0 aliphatic carbocycles. The molecule has 174 valence electrons. The van der Waals surface area contributed by atoms with E-state index < -0.39 is 28.6 Å². The molecule has 0 unspecified atom stereocenters. The van der Waals surface area contributed by atoms with Crippen LogP contribution in [-0.4, -0.2) is 35.2 Å². The average Bonchev–Trinajstić information content (AvgIpc) is 3.37. The number of fused-ring (bicyclic) bond motifs is 1. The number of imide groups is 1. The van der Waals surface area contributed by atoms with E-state index in [0.717, 1.165) is 4.90 Å². The average molecular weight is 471 g/mol. The third-order valence-electron chi connectivity index (χ3n) is 5.92. The summed E-state index contributed by atoms with van der Waals surface area (Å²) >= 11 is 0. The molecule has 1 fully saturated rings. The van der Waals surface area contributed by atoms with E-state index in [1.165, 1.54) is 41.3 Å². The number of nitrogens with zero attached hydrogens (tertiary/aromatic N) is 3. The van der Waals surface area contributed by atoms with E-state index in [0.29, 0.717) is 16.8 Å². The van der Waals surface area contributed by atoms with Crippen LogP contribution in [0.1, 0.15) is 27.1 Å². The van der Waals surface area contributed by atoms with Crippen molar-refractivity contribution >= 4 is 40.8 Å². The smallest absolute Gasteiger partial charge is 0.316 e. The normalized spacial score (nSPS) is 17.0. The summed E-state index contributed by atoms with van der Waals surface area (Å²) in [5.41, 5.74) is 1.21. The number of hydrogen-bond donors (Lipinski definition) is 0. The molecule has 0 radical (unpaired) electrons. The van der Waals surface area contributed by atoms with Gasteiger partial charge in [-0.1, -0.05) is 18.2 Å². The minimum atomic E-state index is -0.749. The minimum Gasteiger partial charge on any atom is -0.426 e. The lowest BCUT2D eigenvalue weighted by atomic mass is 10.1. The van der Waals surface area contributed by atoms with Crippen molar-refractivity contribution in [2.24, 2.45) is 5.92 Å². The Morgan fingerprint density at radius 2 is 1.54 bits per heavy atom. The summed E-state index contributed by atoms with van der Waals surface area (Å²) in [7, 11) is 0. The Hall–Kier alpha value is -4.86. The first-order valence-electron chi connectivity index (χ1n) is 10.7. The molecule has 3 amide bonds. The Morgan fingerprint density at radius 3 is 2.17 bits per heavy atom. The number of nitro benzene ring substituents is 1. The van der Waals surface area contributed by atoms with Crippen LogP contribution in [0.5, 0.6) is 5.75 Å². The molecule has 5 rings (SSSR count). The van der Waals surface area contributed by atoms with E-state index in [1.807, 2.05) is 0 Å². The molecule has 0 N–H and O–H groups in total. The lowest BCUT2D eigenvalue weighted by molar-refractivity contribution is -0.384. The Balaban J connectivity index is 1.29. The summed E-state index contributed by atoms with van der Waals surface area (Å²) in [5, 5.41) is 10.8. The predicted octanol–water partition coefficient (Wildman–Crippen LogP) is 3.35. The van der Waals surface area contributed by atoms with Gasteiger partial charge in [-0.15, -0.1) is 0 Å². The Labute approximate surface area is 198 Å². The lowest BCUT2D eigenvalue weighted by Gasteiger charge is -2.17. The summed E-state index contributed by atoms with van der Waals surface area (Å²) in [5.74, 6) is -2.49. The number of benzene rings is 3. The number of non-ortho nitro benzene ring substituents is 1. The first-order valence-corrected chi connectivity index (χ1v) is 10.7. The van der Waals surface area contributed by atoms with Gasteiger partial charge in [0.05, 0.1) is 27.7 Å². The second-order valence-electron chi connectivity index (χ2n) is 8.09. The fourth-order valence-corrected chi connectivity index (χ4v) is 4.18. The van der Waals surface area contributed by atoms with E-state index >= 15 is 0 Å². The van der Waals surface area contributed by atoms with Crippen LogP contribution in [0.3, 0.4) is 0 Å². The van der Waals surface area contributed by atoms with Gasteiger partial charge in [0, 0.05) is 36.9 Å². The van der Waals surface area contributed by atoms with Crippen molar-refractivity contribution in [2.45, 2.75) is 6.42 Å². The van der Waals surface area contributed by atoms with Crippen molar-refractivity contribution < 1.29 is 28.8 Å². The molecule has 2 aliphatic rings. The molecule has 1 atom stereocenters. The number of rotatable bonds is 5. The number of anilines is 2. The molecule has 10 heteroatoms. The van der Waals surface area contributed by atoms with Crippen molar-refractivity contribution in [3.63, 3.8) is 0 Å². The van der Waals surface area contributed by atoms with Crippen LogP contribution < -0.4 is 14.5 Å². The maximum atomic E-state index is 12.8. The zero-order chi connectivity index (χ0) is 24.7. The molecule has 0 bridgehead atoms. The Kier molecular flexibility index (Phi) is 5.33. The second kappa shape index (κ2) is 8.49. The molecule has 3 aromatic carbocycles. The number of hydrogen-bond acceptors (Lipinski definition) is 7. The Morgan fingerprint density at radius 1 is 0.886 bits per heavy atom. The van der Waals surface area contributed by atoms with Crippen molar-refractivity contribution in [1.29, 1.82) is 0 Å². The van der Waals surface area contributed by atoms with E-state index in [9.17, 15) is 29.3 Å². The van der Waals surface area contributed by atoms with Crippen molar-refractivity contribution in [3.05, 3.63) is 94.0 Å². The number of carbonyl (C=O) groups is 4. The van der Waals surface area contributed by atoms with Crippen LogP contribution in [-0.2, 0) is 9.59 Å². The molecule has 2 heterocycles. The van der Waals surface area contributed by atoms with Crippen LogP contribution in [0.25, 0.3) is 0 Å². The third-order valence-corrected chi connectivity index (χ3v) is 5.92. The van der Waals surface area contributed by atoms with Gasteiger partial charge in [-0.3, -0.25) is 29.3 Å². The third kappa shape index (κ3) is 3.90.